The number of nitrogens with zero attached hydrogens (tertiary/aromatic N) is 2. The molecule has 1 aliphatic rings. The maximum absolute atomic E-state index is 3.94. The summed E-state index contributed by atoms with van der Waals surface area (Å²) in [6.07, 6.45) is 0.816. The van der Waals surface area contributed by atoms with Crippen molar-refractivity contribution in [3.8, 4) is 0 Å². The Morgan fingerprint density at radius 3 is 2.86 bits per heavy atom. The van der Waals surface area contributed by atoms with E-state index in [0.717, 1.165) is 11.0 Å². The van der Waals surface area contributed by atoms with Gasteiger partial charge in [0.25, 0.3) is 0 Å². The molecular weight excluding hydrogens is 156 g/mol. The minimum absolute atomic E-state index is 0.816. The molecule has 0 spiro atoms. The fraction of sp³-hybridized carbons (Fsp3) is 0.500. The third-order valence-electron chi connectivity index (χ3n) is 0.712. The average molecular weight is 161 g/mol. The molecule has 0 fully saturated rings. The van der Waals surface area contributed by atoms with Crippen LogP contribution in [0, 0.1) is 6.54 Å². The first-order valence-corrected chi connectivity index (χ1v) is 2.78. The highest BCUT2D eigenvalue weighted by Crippen LogP contribution is 2.10. The molecule has 0 aliphatic carbocycles. The zero-order valence-corrected chi connectivity index (χ0v) is 5.57. The van der Waals surface area contributed by atoms with Crippen molar-refractivity contribution in [2.45, 2.75) is 6.42 Å². The molecule has 0 saturated heterocycles. The summed E-state index contributed by atoms with van der Waals surface area (Å²) in [5, 5.41) is 5.62. The second kappa shape index (κ2) is 1.82. The normalized spacial score (nSPS) is 20.3. The van der Waals surface area contributed by atoms with E-state index in [1.54, 1.807) is 5.01 Å². The van der Waals surface area contributed by atoms with Crippen molar-refractivity contribution in [1.82, 2.24) is 5.01 Å². The summed E-state index contributed by atoms with van der Waals surface area (Å²) in [5.74, 6) is 0. The molecule has 0 aromatic rings. The van der Waals surface area contributed by atoms with Crippen molar-refractivity contribution < 1.29 is 0 Å². The largest absolute Gasteiger partial charge is 0.288 e. The Labute approximate surface area is 51.3 Å². The van der Waals surface area contributed by atoms with Crippen LogP contribution < -0.4 is 0 Å². The number of halogens is 1. The highest BCUT2D eigenvalue weighted by atomic mass is 79.9. The zero-order chi connectivity index (χ0) is 5.28. The summed E-state index contributed by atoms with van der Waals surface area (Å²) in [7, 11) is 1.86. The molecule has 0 atom stereocenters. The Morgan fingerprint density at radius 2 is 2.71 bits per heavy atom. The molecule has 2 radical (unpaired) electrons. The lowest BCUT2D eigenvalue weighted by Gasteiger charge is -1.98. The molecule has 3 heteroatoms. The molecule has 0 bridgehead atoms. The van der Waals surface area contributed by atoms with E-state index < -0.39 is 0 Å². The lowest BCUT2D eigenvalue weighted by atomic mass is 10.5. The summed E-state index contributed by atoms with van der Waals surface area (Å²) in [6, 6.07) is 0. The van der Waals surface area contributed by atoms with Gasteiger partial charge >= 0.3 is 0 Å². The van der Waals surface area contributed by atoms with Crippen LogP contribution in [0.4, 0.5) is 0 Å². The molecule has 2 nitrogen and oxygen atoms in total. The molecule has 38 valence electrons. The van der Waals surface area contributed by atoms with Crippen LogP contribution >= 0.6 is 15.9 Å². The van der Waals surface area contributed by atoms with Crippen molar-refractivity contribution in [3.63, 3.8) is 0 Å². The first-order chi connectivity index (χ1) is 3.29. The van der Waals surface area contributed by atoms with E-state index in [1.807, 2.05) is 7.05 Å². The van der Waals surface area contributed by atoms with E-state index in [2.05, 4.69) is 27.6 Å². The molecule has 0 saturated carbocycles. The minimum atomic E-state index is 0.816. The Balaban J connectivity index is 2.50. The maximum Gasteiger partial charge on any atom is 0.119 e. The molecule has 1 rings (SSSR count). The fourth-order valence-electron chi connectivity index (χ4n) is 0.413. The van der Waals surface area contributed by atoms with Crippen molar-refractivity contribution in [1.29, 1.82) is 0 Å². The number of hydrogen-bond acceptors (Lipinski definition) is 2. The van der Waals surface area contributed by atoms with Gasteiger partial charge < -0.3 is 0 Å². The third-order valence-corrected chi connectivity index (χ3v) is 1.15. The molecule has 0 unspecified atom stereocenters. The molecule has 0 aromatic heterocycles. The summed E-state index contributed by atoms with van der Waals surface area (Å²) >= 11 is 3.22. The van der Waals surface area contributed by atoms with Gasteiger partial charge in [0.1, 0.15) is 11.2 Å². The maximum atomic E-state index is 3.94. The van der Waals surface area contributed by atoms with Gasteiger partial charge in [-0.1, -0.05) is 0 Å². The Bertz CT molecular complexity index is 99.9. The summed E-state index contributed by atoms with van der Waals surface area (Å²) in [5.41, 5.74) is 0. The van der Waals surface area contributed by atoms with Gasteiger partial charge in [-0.3, -0.25) is 5.01 Å². The SMILES string of the molecule is CN1[C]CC(Br)=N1. The second-order valence-electron chi connectivity index (χ2n) is 1.33. The smallest absolute Gasteiger partial charge is 0.119 e. The monoisotopic (exact) mass is 160 g/mol. The van der Waals surface area contributed by atoms with Crippen LogP contribution in [0.3, 0.4) is 0 Å². The molecule has 0 aromatic carbocycles. The Kier molecular flexibility index (Phi) is 1.32. The van der Waals surface area contributed by atoms with Gasteiger partial charge in [0.15, 0.2) is 0 Å². The quantitative estimate of drug-likeness (QED) is 0.518. The van der Waals surface area contributed by atoms with E-state index in [9.17, 15) is 0 Å². The molecular formula is C4H5BrN2. The van der Waals surface area contributed by atoms with Crippen LogP contribution in [-0.4, -0.2) is 16.7 Å². The second-order valence-corrected chi connectivity index (χ2v) is 2.25. The van der Waals surface area contributed by atoms with E-state index in [-0.39, 0.29) is 0 Å². The van der Waals surface area contributed by atoms with Crippen LogP contribution in [0.25, 0.3) is 0 Å². The first-order valence-electron chi connectivity index (χ1n) is 1.99. The van der Waals surface area contributed by atoms with Crippen LogP contribution in [0.2, 0.25) is 0 Å². The van der Waals surface area contributed by atoms with Crippen molar-refractivity contribution in [2.75, 3.05) is 7.05 Å². The lowest BCUT2D eigenvalue weighted by molar-refractivity contribution is 0.456. The fourth-order valence-corrected chi connectivity index (χ4v) is 0.776. The van der Waals surface area contributed by atoms with E-state index in [0.29, 0.717) is 0 Å². The lowest BCUT2D eigenvalue weighted by Crippen LogP contribution is -1.98. The first kappa shape index (κ1) is 5.09. The van der Waals surface area contributed by atoms with Gasteiger partial charge in [-0.05, 0) is 15.9 Å². The molecule has 1 heterocycles. The average Bonchev–Trinajstić information content (AvgIpc) is 1.87. The predicted molar refractivity (Wildman–Crippen MR) is 32.0 cm³/mol. The summed E-state index contributed by atoms with van der Waals surface area (Å²) in [4.78, 5) is 0. The van der Waals surface area contributed by atoms with Gasteiger partial charge in [0.05, 0.1) is 0 Å². The van der Waals surface area contributed by atoms with Crippen LogP contribution in [0.1, 0.15) is 6.42 Å². The molecule has 0 amide bonds. The standard InChI is InChI=1S/C4H5BrN2/c1-7-3-2-4(5)6-7/h2H2,1H3. The van der Waals surface area contributed by atoms with Gasteiger partial charge in [-0.25, -0.2) is 0 Å². The van der Waals surface area contributed by atoms with E-state index in [4.69, 9.17) is 0 Å². The van der Waals surface area contributed by atoms with Crippen molar-refractivity contribution >= 4 is 20.6 Å². The highest BCUT2D eigenvalue weighted by Gasteiger charge is 2.06. The van der Waals surface area contributed by atoms with Gasteiger partial charge in [-0.2, -0.15) is 5.10 Å². The van der Waals surface area contributed by atoms with Crippen LogP contribution in [0.5, 0.6) is 0 Å². The summed E-state index contributed by atoms with van der Waals surface area (Å²) < 4.78 is 0.954. The molecule has 0 N–H and O–H groups in total. The topological polar surface area (TPSA) is 15.6 Å². The molecule has 7 heavy (non-hydrogen) atoms. The predicted octanol–water partition coefficient (Wildman–Crippen LogP) is 1.07. The molecule has 1 aliphatic heterocycles. The highest BCUT2D eigenvalue weighted by molar-refractivity contribution is 9.18. The zero-order valence-electron chi connectivity index (χ0n) is 3.98. The van der Waals surface area contributed by atoms with E-state index >= 15 is 0 Å². The third kappa shape index (κ3) is 1.16. The Morgan fingerprint density at radius 1 is 2.00 bits per heavy atom. The Hall–Kier alpha value is -0.0500. The van der Waals surface area contributed by atoms with Crippen LogP contribution in [-0.2, 0) is 0 Å². The minimum Gasteiger partial charge on any atom is -0.288 e. The number of hydrazone groups is 1. The van der Waals surface area contributed by atoms with Crippen LogP contribution in [0.15, 0.2) is 5.10 Å². The van der Waals surface area contributed by atoms with Gasteiger partial charge in [0, 0.05) is 13.5 Å². The summed E-state index contributed by atoms with van der Waals surface area (Å²) in [6.45, 7) is 2.95. The number of rotatable bonds is 0. The van der Waals surface area contributed by atoms with Crippen molar-refractivity contribution in [3.05, 3.63) is 6.54 Å². The van der Waals surface area contributed by atoms with Gasteiger partial charge in [0.2, 0.25) is 0 Å². The van der Waals surface area contributed by atoms with Crippen molar-refractivity contribution in [2.24, 2.45) is 5.10 Å². The number of hydrogen-bond donors (Lipinski definition) is 0. The van der Waals surface area contributed by atoms with E-state index in [1.165, 1.54) is 0 Å². The van der Waals surface area contributed by atoms with Gasteiger partial charge in [-0.15, -0.1) is 0 Å².